The molecule has 0 fully saturated rings. The van der Waals surface area contributed by atoms with Gasteiger partial charge in [0.15, 0.2) is 11.5 Å². The van der Waals surface area contributed by atoms with Crippen LogP contribution in [0.15, 0.2) is 52.9 Å². The number of benzene rings is 2. The molecule has 6 heteroatoms. The highest BCUT2D eigenvalue weighted by molar-refractivity contribution is 6.30. The number of ketones is 2. The van der Waals surface area contributed by atoms with E-state index in [2.05, 4.69) is 0 Å². The summed E-state index contributed by atoms with van der Waals surface area (Å²) in [6, 6.07) is 11.1. The van der Waals surface area contributed by atoms with Crippen molar-refractivity contribution in [1.82, 2.24) is 0 Å². The predicted molar refractivity (Wildman–Crippen MR) is 84.4 cm³/mol. The minimum Gasteiger partial charge on any atom is -0.478 e. The van der Waals surface area contributed by atoms with E-state index in [9.17, 15) is 23.9 Å². The second-order valence-corrected chi connectivity index (χ2v) is 5.53. The monoisotopic (exact) mass is 336 g/mol. The van der Waals surface area contributed by atoms with Crippen molar-refractivity contribution >= 4 is 17.5 Å². The largest absolute Gasteiger partial charge is 0.478 e. The van der Waals surface area contributed by atoms with Gasteiger partial charge >= 0.3 is 5.97 Å². The number of carboxylic acid groups (broad SMARTS) is 1. The molecule has 0 aliphatic heterocycles. The molecule has 1 N–H and O–H groups in total. The van der Waals surface area contributed by atoms with Crippen LogP contribution in [-0.2, 0) is 0 Å². The van der Waals surface area contributed by atoms with E-state index in [4.69, 9.17) is 4.42 Å². The second kappa shape index (κ2) is 5.24. The molecule has 5 nitrogen and oxygen atoms in total. The lowest BCUT2D eigenvalue weighted by Gasteiger charge is -2.12. The van der Waals surface area contributed by atoms with E-state index in [1.165, 1.54) is 24.3 Å². The fourth-order valence-corrected chi connectivity index (χ4v) is 2.95. The molecule has 1 aliphatic rings. The third-order valence-corrected chi connectivity index (χ3v) is 4.08. The van der Waals surface area contributed by atoms with Crippen molar-refractivity contribution < 1.29 is 28.3 Å². The standard InChI is InChI=1S/C19H9FO5/c20-10-7-5-9(6-8-10)17-14(19(23)24)13-15(21)11-3-1-2-4-12(11)16(22)18(13)25-17/h1-8H,(H,23,24). The summed E-state index contributed by atoms with van der Waals surface area (Å²) >= 11 is 0. The molecular weight excluding hydrogens is 327 g/mol. The minimum atomic E-state index is -1.40. The maximum atomic E-state index is 13.1. The average Bonchev–Trinajstić information content (AvgIpc) is 3.01. The Morgan fingerprint density at radius 3 is 2.08 bits per heavy atom. The third-order valence-electron chi connectivity index (χ3n) is 4.08. The van der Waals surface area contributed by atoms with Gasteiger partial charge in [-0.1, -0.05) is 24.3 Å². The smallest absolute Gasteiger partial charge is 0.340 e. The van der Waals surface area contributed by atoms with Crippen LogP contribution in [0.25, 0.3) is 11.3 Å². The molecule has 0 atom stereocenters. The topological polar surface area (TPSA) is 84.6 Å². The first kappa shape index (κ1) is 15.0. The molecule has 1 aliphatic carbocycles. The molecule has 0 saturated carbocycles. The van der Waals surface area contributed by atoms with Crippen molar-refractivity contribution in [2.45, 2.75) is 0 Å². The van der Waals surface area contributed by atoms with E-state index < -0.39 is 28.9 Å². The van der Waals surface area contributed by atoms with Gasteiger partial charge in [-0.2, -0.15) is 0 Å². The maximum Gasteiger partial charge on any atom is 0.340 e. The SMILES string of the molecule is O=C1c2ccccc2C(=O)c2c1oc(-c1ccc(F)cc1)c2C(=O)O. The molecule has 0 saturated heterocycles. The highest BCUT2D eigenvalue weighted by Crippen LogP contribution is 2.37. The van der Waals surface area contributed by atoms with Crippen LogP contribution in [0.2, 0.25) is 0 Å². The van der Waals surface area contributed by atoms with Crippen molar-refractivity contribution in [3.05, 3.63) is 82.4 Å². The van der Waals surface area contributed by atoms with E-state index in [0.717, 1.165) is 12.1 Å². The molecule has 0 bridgehead atoms. The van der Waals surface area contributed by atoms with E-state index in [-0.39, 0.29) is 33.8 Å². The molecule has 25 heavy (non-hydrogen) atoms. The Bertz CT molecular complexity index is 1060. The van der Waals surface area contributed by atoms with Gasteiger partial charge < -0.3 is 9.52 Å². The van der Waals surface area contributed by atoms with E-state index >= 15 is 0 Å². The van der Waals surface area contributed by atoms with Crippen LogP contribution in [-0.4, -0.2) is 22.6 Å². The fraction of sp³-hybridized carbons (Fsp3) is 0. The molecular formula is C19H9FO5. The molecule has 1 heterocycles. The fourth-order valence-electron chi connectivity index (χ4n) is 2.95. The zero-order valence-corrected chi connectivity index (χ0v) is 12.6. The lowest BCUT2D eigenvalue weighted by Crippen LogP contribution is -2.21. The van der Waals surface area contributed by atoms with Crippen molar-refractivity contribution in [3.63, 3.8) is 0 Å². The summed E-state index contributed by atoms with van der Waals surface area (Å²) in [4.78, 5) is 37.1. The summed E-state index contributed by atoms with van der Waals surface area (Å²) in [5.41, 5.74) is -0.104. The first-order valence-corrected chi connectivity index (χ1v) is 7.33. The van der Waals surface area contributed by atoms with Gasteiger partial charge in [-0.15, -0.1) is 0 Å². The van der Waals surface area contributed by atoms with Gasteiger partial charge in [0.2, 0.25) is 5.78 Å². The van der Waals surface area contributed by atoms with Crippen LogP contribution in [0.1, 0.15) is 42.4 Å². The van der Waals surface area contributed by atoms with Gasteiger partial charge in [-0.3, -0.25) is 9.59 Å². The number of fused-ring (bicyclic) bond motifs is 2. The second-order valence-electron chi connectivity index (χ2n) is 5.53. The number of aromatic carboxylic acids is 1. The number of halogens is 1. The van der Waals surface area contributed by atoms with Gasteiger partial charge in [0, 0.05) is 16.7 Å². The Balaban J connectivity index is 2.02. The number of hydrogen-bond acceptors (Lipinski definition) is 4. The number of carbonyl (C=O) groups excluding carboxylic acids is 2. The van der Waals surface area contributed by atoms with Gasteiger partial charge in [-0.25, -0.2) is 9.18 Å². The number of furan rings is 1. The summed E-state index contributed by atoms with van der Waals surface area (Å²) in [5.74, 6) is -3.49. The van der Waals surface area contributed by atoms with Crippen molar-refractivity contribution in [3.8, 4) is 11.3 Å². The first-order chi connectivity index (χ1) is 12.0. The summed E-state index contributed by atoms with van der Waals surface area (Å²) in [7, 11) is 0. The zero-order valence-electron chi connectivity index (χ0n) is 12.6. The summed E-state index contributed by atoms with van der Waals surface area (Å²) < 4.78 is 18.6. The Labute approximate surface area is 140 Å². The van der Waals surface area contributed by atoms with E-state index in [0.29, 0.717) is 0 Å². The van der Waals surface area contributed by atoms with Crippen LogP contribution in [0.5, 0.6) is 0 Å². The summed E-state index contributed by atoms with van der Waals surface area (Å²) in [5, 5.41) is 9.58. The number of carbonyl (C=O) groups is 3. The molecule has 1 aromatic heterocycles. The minimum absolute atomic E-state index is 0.133. The molecule has 0 amide bonds. The average molecular weight is 336 g/mol. The predicted octanol–water partition coefficient (Wildman–Crippen LogP) is 3.56. The highest BCUT2D eigenvalue weighted by Gasteiger charge is 2.39. The van der Waals surface area contributed by atoms with Crippen LogP contribution in [0.4, 0.5) is 4.39 Å². The summed E-state index contributed by atoms with van der Waals surface area (Å²) in [6.07, 6.45) is 0. The molecule has 4 rings (SSSR count). The number of hydrogen-bond donors (Lipinski definition) is 1. The molecule has 0 unspecified atom stereocenters. The van der Waals surface area contributed by atoms with Crippen LogP contribution < -0.4 is 0 Å². The quantitative estimate of drug-likeness (QED) is 0.605. The van der Waals surface area contributed by atoms with Crippen LogP contribution in [0.3, 0.4) is 0 Å². The van der Waals surface area contributed by atoms with E-state index in [1.54, 1.807) is 12.1 Å². The van der Waals surface area contributed by atoms with Gasteiger partial charge in [0.1, 0.15) is 17.1 Å². The van der Waals surface area contributed by atoms with Crippen LogP contribution in [0, 0.1) is 5.82 Å². The van der Waals surface area contributed by atoms with Gasteiger partial charge in [0.25, 0.3) is 0 Å². The first-order valence-electron chi connectivity index (χ1n) is 7.33. The Morgan fingerprint density at radius 1 is 0.880 bits per heavy atom. The molecule has 3 aromatic rings. The molecule has 0 radical (unpaired) electrons. The Kier molecular flexibility index (Phi) is 3.15. The normalized spacial score (nSPS) is 12.7. The van der Waals surface area contributed by atoms with Crippen molar-refractivity contribution in [2.24, 2.45) is 0 Å². The maximum absolute atomic E-state index is 13.1. The highest BCUT2D eigenvalue weighted by atomic mass is 19.1. The lowest BCUT2D eigenvalue weighted by atomic mass is 9.86. The van der Waals surface area contributed by atoms with Gasteiger partial charge in [-0.05, 0) is 24.3 Å². The molecule has 0 spiro atoms. The Hall–Kier alpha value is -3.54. The third kappa shape index (κ3) is 2.11. The zero-order chi connectivity index (χ0) is 17.7. The van der Waals surface area contributed by atoms with E-state index in [1.807, 2.05) is 0 Å². The van der Waals surface area contributed by atoms with Gasteiger partial charge in [0.05, 0.1) is 5.56 Å². The molecule has 2 aromatic carbocycles. The van der Waals surface area contributed by atoms with Crippen molar-refractivity contribution in [2.75, 3.05) is 0 Å². The number of rotatable bonds is 2. The lowest BCUT2D eigenvalue weighted by molar-refractivity contribution is 0.0693. The molecule has 122 valence electrons. The number of carboxylic acids is 1. The summed E-state index contributed by atoms with van der Waals surface area (Å²) in [6.45, 7) is 0. The van der Waals surface area contributed by atoms with Crippen molar-refractivity contribution in [1.29, 1.82) is 0 Å². The van der Waals surface area contributed by atoms with Crippen LogP contribution >= 0.6 is 0 Å². The Morgan fingerprint density at radius 2 is 1.48 bits per heavy atom.